The fraction of sp³-hybridized carbons (Fsp3) is 0.600. The highest BCUT2D eigenvalue weighted by molar-refractivity contribution is 5.93. The molecule has 2 rings (SSSR count). The third-order valence-corrected chi connectivity index (χ3v) is 3.37. The van der Waals surface area contributed by atoms with E-state index in [9.17, 15) is 4.79 Å². The summed E-state index contributed by atoms with van der Waals surface area (Å²) in [5.74, 6) is -0.0314. The molecule has 1 saturated heterocycles. The Morgan fingerprint density at radius 2 is 2.00 bits per heavy atom. The predicted octanol–water partition coefficient (Wildman–Crippen LogP) is 1.31. The van der Waals surface area contributed by atoms with Crippen LogP contribution >= 0.6 is 0 Å². The number of nitrogens with zero attached hydrogens (tertiary/aromatic N) is 2. The third kappa shape index (κ3) is 4.58. The van der Waals surface area contributed by atoms with E-state index in [1.165, 1.54) is 0 Å². The maximum absolute atomic E-state index is 11.8. The molecule has 1 amide bonds. The topological polar surface area (TPSA) is 54.5 Å². The van der Waals surface area contributed by atoms with E-state index >= 15 is 0 Å². The van der Waals surface area contributed by atoms with Gasteiger partial charge >= 0.3 is 0 Å². The first-order valence-corrected chi connectivity index (χ1v) is 7.21. The molecule has 0 aromatic carbocycles. The van der Waals surface area contributed by atoms with E-state index in [2.05, 4.69) is 29.0 Å². The molecule has 0 bridgehead atoms. The van der Waals surface area contributed by atoms with Crippen LogP contribution in [0.15, 0.2) is 24.5 Å². The number of hydrogen-bond donors (Lipinski definition) is 1. The van der Waals surface area contributed by atoms with Gasteiger partial charge in [0.15, 0.2) is 0 Å². The Hall–Kier alpha value is -1.46. The van der Waals surface area contributed by atoms with Gasteiger partial charge < -0.3 is 10.1 Å². The molecular formula is C15H23N3O2. The van der Waals surface area contributed by atoms with Crippen molar-refractivity contribution in [2.24, 2.45) is 0 Å². The molecule has 0 radical (unpaired) electrons. The first-order valence-electron chi connectivity index (χ1n) is 7.21. The molecule has 1 aromatic heterocycles. The van der Waals surface area contributed by atoms with Crippen LogP contribution in [0.2, 0.25) is 0 Å². The Kier molecular flexibility index (Phi) is 5.49. The Balaban J connectivity index is 1.65. The van der Waals surface area contributed by atoms with Gasteiger partial charge in [-0.05, 0) is 32.4 Å². The summed E-state index contributed by atoms with van der Waals surface area (Å²) in [5, 5.41) is 2.94. The van der Waals surface area contributed by atoms with E-state index in [1.54, 1.807) is 24.5 Å². The van der Waals surface area contributed by atoms with Gasteiger partial charge in [0.1, 0.15) is 0 Å². The van der Waals surface area contributed by atoms with Gasteiger partial charge in [0.25, 0.3) is 5.91 Å². The van der Waals surface area contributed by atoms with Crippen LogP contribution in [0, 0.1) is 0 Å². The Bertz CT molecular complexity index is 414. The van der Waals surface area contributed by atoms with Crippen molar-refractivity contribution in [2.45, 2.75) is 32.5 Å². The van der Waals surface area contributed by atoms with Crippen molar-refractivity contribution in [3.05, 3.63) is 30.1 Å². The quantitative estimate of drug-likeness (QED) is 0.825. The maximum atomic E-state index is 11.8. The molecule has 2 atom stereocenters. The molecule has 1 aliphatic rings. The Morgan fingerprint density at radius 3 is 2.65 bits per heavy atom. The number of carbonyl (C=O) groups excluding carboxylic acids is 1. The van der Waals surface area contributed by atoms with E-state index in [1.807, 2.05) is 0 Å². The van der Waals surface area contributed by atoms with Crippen molar-refractivity contribution >= 4 is 5.91 Å². The first-order chi connectivity index (χ1) is 9.65. The molecule has 0 spiro atoms. The summed E-state index contributed by atoms with van der Waals surface area (Å²) in [6.07, 6.45) is 4.81. The summed E-state index contributed by atoms with van der Waals surface area (Å²) in [5.41, 5.74) is 0.661. The first kappa shape index (κ1) is 14.9. The lowest BCUT2D eigenvalue weighted by Crippen LogP contribution is -2.46. The number of carbonyl (C=O) groups is 1. The fourth-order valence-electron chi connectivity index (χ4n) is 2.58. The minimum atomic E-state index is -0.0314. The lowest BCUT2D eigenvalue weighted by Gasteiger charge is -2.35. The second kappa shape index (κ2) is 7.36. The SMILES string of the molecule is C[C@@H]1CN(CCCNC(=O)c2ccncc2)C[C@@H](C)O1. The van der Waals surface area contributed by atoms with Crippen LogP contribution in [0.25, 0.3) is 0 Å². The summed E-state index contributed by atoms with van der Waals surface area (Å²) in [7, 11) is 0. The molecule has 5 heteroatoms. The monoisotopic (exact) mass is 277 g/mol. The molecule has 5 nitrogen and oxygen atoms in total. The number of amides is 1. The molecule has 1 N–H and O–H groups in total. The smallest absolute Gasteiger partial charge is 0.251 e. The predicted molar refractivity (Wildman–Crippen MR) is 77.6 cm³/mol. The van der Waals surface area contributed by atoms with Crippen molar-refractivity contribution in [1.82, 2.24) is 15.2 Å². The van der Waals surface area contributed by atoms with E-state index in [4.69, 9.17) is 4.74 Å². The van der Waals surface area contributed by atoms with Crippen LogP contribution in [-0.4, -0.2) is 54.2 Å². The summed E-state index contributed by atoms with van der Waals surface area (Å²) in [6.45, 7) is 7.85. The lowest BCUT2D eigenvalue weighted by atomic mass is 10.2. The summed E-state index contributed by atoms with van der Waals surface area (Å²) < 4.78 is 5.70. The molecule has 2 heterocycles. The van der Waals surface area contributed by atoms with Crippen molar-refractivity contribution in [3.8, 4) is 0 Å². The van der Waals surface area contributed by atoms with Crippen LogP contribution in [0.5, 0.6) is 0 Å². The van der Waals surface area contributed by atoms with Gasteiger partial charge in [0.2, 0.25) is 0 Å². The zero-order valence-electron chi connectivity index (χ0n) is 12.2. The zero-order chi connectivity index (χ0) is 14.4. The van der Waals surface area contributed by atoms with Crippen molar-refractivity contribution < 1.29 is 9.53 Å². The number of rotatable bonds is 5. The molecule has 1 aromatic rings. The number of hydrogen-bond acceptors (Lipinski definition) is 4. The second-order valence-corrected chi connectivity index (χ2v) is 5.36. The van der Waals surface area contributed by atoms with Crippen molar-refractivity contribution in [1.29, 1.82) is 0 Å². The van der Waals surface area contributed by atoms with Gasteiger partial charge in [0, 0.05) is 44.1 Å². The molecule has 0 unspecified atom stereocenters. The molecule has 1 fully saturated rings. The molecule has 0 saturated carbocycles. The average molecular weight is 277 g/mol. The van der Waals surface area contributed by atoms with Gasteiger partial charge in [0.05, 0.1) is 12.2 Å². The van der Waals surface area contributed by atoms with Gasteiger partial charge in [-0.25, -0.2) is 0 Å². The molecule has 0 aliphatic carbocycles. The minimum Gasteiger partial charge on any atom is -0.373 e. The Labute approximate surface area is 120 Å². The standard InChI is InChI=1S/C15H23N3O2/c1-12-10-18(11-13(2)20-12)9-3-6-17-15(19)14-4-7-16-8-5-14/h4-5,7-8,12-13H,3,6,9-11H2,1-2H3,(H,17,19)/t12-,13-/m1/s1. The summed E-state index contributed by atoms with van der Waals surface area (Å²) >= 11 is 0. The van der Waals surface area contributed by atoms with Crippen LogP contribution in [0.1, 0.15) is 30.6 Å². The van der Waals surface area contributed by atoms with Crippen molar-refractivity contribution in [3.63, 3.8) is 0 Å². The van der Waals surface area contributed by atoms with Crippen LogP contribution in [0.3, 0.4) is 0 Å². The van der Waals surface area contributed by atoms with Gasteiger partial charge in [-0.1, -0.05) is 0 Å². The second-order valence-electron chi connectivity index (χ2n) is 5.36. The number of pyridine rings is 1. The third-order valence-electron chi connectivity index (χ3n) is 3.37. The summed E-state index contributed by atoms with van der Waals surface area (Å²) in [4.78, 5) is 18.1. The van der Waals surface area contributed by atoms with Crippen LogP contribution < -0.4 is 5.32 Å². The average Bonchev–Trinajstić information content (AvgIpc) is 2.43. The highest BCUT2D eigenvalue weighted by atomic mass is 16.5. The number of ether oxygens (including phenoxy) is 1. The van der Waals surface area contributed by atoms with Crippen LogP contribution in [0.4, 0.5) is 0 Å². The highest BCUT2D eigenvalue weighted by Crippen LogP contribution is 2.10. The number of morpholine rings is 1. The van der Waals surface area contributed by atoms with Gasteiger partial charge in [-0.2, -0.15) is 0 Å². The highest BCUT2D eigenvalue weighted by Gasteiger charge is 2.21. The number of aromatic nitrogens is 1. The Morgan fingerprint density at radius 1 is 1.35 bits per heavy atom. The molecule has 20 heavy (non-hydrogen) atoms. The summed E-state index contributed by atoms with van der Waals surface area (Å²) in [6, 6.07) is 3.45. The number of nitrogens with one attached hydrogen (secondary N) is 1. The van der Waals surface area contributed by atoms with E-state index < -0.39 is 0 Å². The van der Waals surface area contributed by atoms with E-state index in [-0.39, 0.29) is 5.91 Å². The maximum Gasteiger partial charge on any atom is 0.251 e. The fourth-order valence-corrected chi connectivity index (χ4v) is 2.58. The normalized spacial score (nSPS) is 23.5. The largest absolute Gasteiger partial charge is 0.373 e. The molecule has 1 aliphatic heterocycles. The minimum absolute atomic E-state index is 0.0314. The van der Waals surface area contributed by atoms with Crippen molar-refractivity contribution in [2.75, 3.05) is 26.2 Å². The van der Waals surface area contributed by atoms with Gasteiger partial charge in [-0.15, -0.1) is 0 Å². The van der Waals surface area contributed by atoms with Crippen LogP contribution in [-0.2, 0) is 4.74 Å². The van der Waals surface area contributed by atoms with E-state index in [0.29, 0.717) is 24.3 Å². The van der Waals surface area contributed by atoms with Gasteiger partial charge in [-0.3, -0.25) is 14.7 Å². The molecular weight excluding hydrogens is 254 g/mol. The zero-order valence-corrected chi connectivity index (χ0v) is 12.2. The molecule has 110 valence electrons. The van der Waals surface area contributed by atoms with E-state index in [0.717, 1.165) is 26.1 Å². The lowest BCUT2D eigenvalue weighted by molar-refractivity contribution is -0.0679.